The minimum atomic E-state index is 0.397. The van der Waals surface area contributed by atoms with Crippen molar-refractivity contribution in [2.24, 2.45) is 0 Å². The van der Waals surface area contributed by atoms with Gasteiger partial charge in [0.05, 0.1) is 7.11 Å². The van der Waals surface area contributed by atoms with E-state index in [0.717, 1.165) is 28.3 Å². The average molecular weight is 278 g/mol. The van der Waals surface area contributed by atoms with E-state index in [4.69, 9.17) is 26.8 Å². The minimum absolute atomic E-state index is 0.397. The van der Waals surface area contributed by atoms with Gasteiger partial charge in [-0.3, -0.25) is 0 Å². The van der Waals surface area contributed by atoms with Gasteiger partial charge in [-0.2, -0.15) is 0 Å². The first kappa shape index (κ1) is 13.6. The van der Waals surface area contributed by atoms with Crippen LogP contribution in [-0.4, -0.2) is 7.11 Å². The van der Waals surface area contributed by atoms with Crippen LogP contribution in [0.25, 0.3) is 0 Å². The molecule has 0 amide bonds. The van der Waals surface area contributed by atoms with Crippen molar-refractivity contribution in [3.63, 3.8) is 0 Å². The molecule has 0 atom stereocenters. The third-order valence-corrected chi connectivity index (χ3v) is 3.06. The van der Waals surface area contributed by atoms with Gasteiger partial charge in [-0.1, -0.05) is 11.6 Å². The first-order valence-electron chi connectivity index (χ1n) is 5.91. The van der Waals surface area contributed by atoms with E-state index in [0.29, 0.717) is 11.6 Å². The summed E-state index contributed by atoms with van der Waals surface area (Å²) in [5, 5.41) is 0.661. The Balaban J connectivity index is 2.16. The fraction of sp³-hybridized carbons (Fsp3) is 0.200. The van der Waals surface area contributed by atoms with Gasteiger partial charge < -0.3 is 15.2 Å². The maximum Gasteiger partial charge on any atom is 0.125 e. The average Bonchev–Trinajstić information content (AvgIpc) is 2.38. The van der Waals surface area contributed by atoms with Gasteiger partial charge >= 0.3 is 0 Å². The normalized spacial score (nSPS) is 10.3. The molecule has 2 rings (SSSR count). The molecule has 0 aliphatic rings. The zero-order valence-electron chi connectivity index (χ0n) is 10.9. The molecule has 0 heterocycles. The van der Waals surface area contributed by atoms with Crippen molar-refractivity contribution < 1.29 is 9.47 Å². The van der Waals surface area contributed by atoms with Crippen LogP contribution in [0.5, 0.6) is 11.5 Å². The van der Waals surface area contributed by atoms with Gasteiger partial charge in [0.15, 0.2) is 0 Å². The maximum atomic E-state index is 5.98. The predicted octanol–water partition coefficient (Wildman–Crippen LogP) is 3.82. The highest BCUT2D eigenvalue weighted by molar-refractivity contribution is 6.30. The molecule has 0 aliphatic heterocycles. The molecule has 2 aromatic carbocycles. The first-order valence-corrected chi connectivity index (χ1v) is 6.29. The van der Waals surface area contributed by atoms with Gasteiger partial charge in [0.25, 0.3) is 0 Å². The molecular formula is C15H16ClNO2. The Morgan fingerprint density at radius 3 is 2.53 bits per heavy atom. The molecule has 19 heavy (non-hydrogen) atoms. The highest BCUT2D eigenvalue weighted by Crippen LogP contribution is 2.26. The van der Waals surface area contributed by atoms with E-state index >= 15 is 0 Å². The SMILES string of the molecule is COc1ccc(Cl)cc1COc1ccc(N)cc1C. The quantitative estimate of drug-likeness (QED) is 0.864. The summed E-state index contributed by atoms with van der Waals surface area (Å²) in [6.07, 6.45) is 0. The number of methoxy groups -OCH3 is 1. The van der Waals surface area contributed by atoms with Crippen molar-refractivity contribution >= 4 is 17.3 Å². The Labute approximate surface area is 117 Å². The summed E-state index contributed by atoms with van der Waals surface area (Å²) in [4.78, 5) is 0. The summed E-state index contributed by atoms with van der Waals surface area (Å²) in [7, 11) is 1.63. The van der Waals surface area contributed by atoms with Gasteiger partial charge in [-0.15, -0.1) is 0 Å². The molecule has 0 fully saturated rings. The zero-order valence-corrected chi connectivity index (χ0v) is 11.7. The number of nitrogens with two attached hydrogens (primary N) is 1. The second kappa shape index (κ2) is 5.85. The van der Waals surface area contributed by atoms with Gasteiger partial charge in [0.2, 0.25) is 0 Å². The fourth-order valence-electron chi connectivity index (χ4n) is 1.85. The summed E-state index contributed by atoms with van der Waals surface area (Å²) in [5.41, 5.74) is 8.34. The van der Waals surface area contributed by atoms with Crippen LogP contribution in [0.1, 0.15) is 11.1 Å². The third-order valence-electron chi connectivity index (χ3n) is 2.82. The monoisotopic (exact) mass is 277 g/mol. The Morgan fingerprint density at radius 2 is 1.84 bits per heavy atom. The maximum absolute atomic E-state index is 5.98. The van der Waals surface area contributed by atoms with Gasteiger partial charge in [0.1, 0.15) is 18.1 Å². The van der Waals surface area contributed by atoms with Crippen molar-refractivity contribution in [2.45, 2.75) is 13.5 Å². The van der Waals surface area contributed by atoms with E-state index in [9.17, 15) is 0 Å². The van der Waals surface area contributed by atoms with Crippen molar-refractivity contribution in [3.05, 3.63) is 52.5 Å². The molecule has 100 valence electrons. The Bertz CT molecular complexity index is 584. The van der Waals surface area contributed by atoms with Crippen molar-refractivity contribution in [1.29, 1.82) is 0 Å². The summed E-state index contributed by atoms with van der Waals surface area (Å²) in [6, 6.07) is 11.0. The van der Waals surface area contributed by atoms with Gasteiger partial charge in [0, 0.05) is 16.3 Å². The standard InChI is InChI=1S/C15H16ClNO2/c1-10-7-13(17)4-6-14(10)19-9-11-8-12(16)3-5-15(11)18-2/h3-8H,9,17H2,1-2H3. The largest absolute Gasteiger partial charge is 0.496 e. The molecule has 4 heteroatoms. The van der Waals surface area contributed by atoms with E-state index in [2.05, 4.69) is 0 Å². The summed E-state index contributed by atoms with van der Waals surface area (Å²) >= 11 is 5.98. The van der Waals surface area contributed by atoms with Crippen LogP contribution in [0.2, 0.25) is 5.02 Å². The van der Waals surface area contributed by atoms with Crippen LogP contribution in [0.15, 0.2) is 36.4 Å². The fourth-order valence-corrected chi connectivity index (χ4v) is 2.04. The van der Waals surface area contributed by atoms with Crippen molar-refractivity contribution in [2.75, 3.05) is 12.8 Å². The molecule has 0 saturated heterocycles. The highest BCUT2D eigenvalue weighted by Gasteiger charge is 2.06. The van der Waals surface area contributed by atoms with Crippen LogP contribution in [-0.2, 0) is 6.61 Å². The lowest BCUT2D eigenvalue weighted by Crippen LogP contribution is -2.00. The molecule has 0 spiro atoms. The molecule has 0 saturated carbocycles. The van der Waals surface area contributed by atoms with E-state index < -0.39 is 0 Å². The van der Waals surface area contributed by atoms with Crippen LogP contribution in [0.4, 0.5) is 5.69 Å². The Kier molecular flexibility index (Phi) is 4.17. The molecule has 2 N–H and O–H groups in total. The number of hydrogen-bond donors (Lipinski definition) is 1. The highest BCUT2D eigenvalue weighted by atomic mass is 35.5. The van der Waals surface area contributed by atoms with E-state index in [-0.39, 0.29) is 0 Å². The van der Waals surface area contributed by atoms with Gasteiger partial charge in [-0.25, -0.2) is 0 Å². The number of nitrogen functional groups attached to an aromatic ring is 1. The first-order chi connectivity index (χ1) is 9.10. The topological polar surface area (TPSA) is 44.5 Å². The number of ether oxygens (including phenoxy) is 2. The summed E-state index contributed by atoms with van der Waals surface area (Å²) in [6.45, 7) is 2.36. The van der Waals surface area contributed by atoms with Crippen molar-refractivity contribution in [3.8, 4) is 11.5 Å². The molecule has 0 unspecified atom stereocenters. The lowest BCUT2D eigenvalue weighted by Gasteiger charge is -2.12. The minimum Gasteiger partial charge on any atom is -0.496 e. The Morgan fingerprint density at radius 1 is 1.11 bits per heavy atom. The van der Waals surface area contributed by atoms with Crippen LogP contribution >= 0.6 is 11.6 Å². The molecule has 2 aromatic rings. The van der Waals surface area contributed by atoms with Gasteiger partial charge in [-0.05, 0) is 48.9 Å². The summed E-state index contributed by atoms with van der Waals surface area (Å²) in [5.74, 6) is 1.56. The second-order valence-electron chi connectivity index (χ2n) is 4.27. The molecular weight excluding hydrogens is 262 g/mol. The van der Waals surface area contributed by atoms with Crippen LogP contribution in [0.3, 0.4) is 0 Å². The lowest BCUT2D eigenvalue weighted by atomic mass is 10.2. The molecule has 0 bridgehead atoms. The van der Waals surface area contributed by atoms with E-state index in [1.165, 1.54) is 0 Å². The van der Waals surface area contributed by atoms with E-state index in [1.54, 1.807) is 13.2 Å². The Hall–Kier alpha value is -1.87. The molecule has 0 aromatic heterocycles. The smallest absolute Gasteiger partial charge is 0.125 e. The lowest BCUT2D eigenvalue weighted by molar-refractivity contribution is 0.295. The number of hydrogen-bond acceptors (Lipinski definition) is 3. The number of benzene rings is 2. The second-order valence-corrected chi connectivity index (χ2v) is 4.71. The molecule has 0 radical (unpaired) electrons. The zero-order chi connectivity index (χ0) is 13.8. The predicted molar refractivity (Wildman–Crippen MR) is 77.9 cm³/mol. The number of rotatable bonds is 4. The van der Waals surface area contributed by atoms with Crippen LogP contribution < -0.4 is 15.2 Å². The molecule has 0 aliphatic carbocycles. The molecule has 3 nitrogen and oxygen atoms in total. The number of aryl methyl sites for hydroxylation is 1. The van der Waals surface area contributed by atoms with Crippen LogP contribution in [0, 0.1) is 6.92 Å². The third kappa shape index (κ3) is 3.32. The van der Waals surface area contributed by atoms with E-state index in [1.807, 2.05) is 37.3 Å². The number of halogens is 1. The number of anilines is 1. The summed E-state index contributed by atoms with van der Waals surface area (Å²) < 4.78 is 11.1. The van der Waals surface area contributed by atoms with Crippen molar-refractivity contribution in [1.82, 2.24) is 0 Å².